The fourth-order valence-electron chi connectivity index (χ4n) is 9.44. The molecule has 2 aromatic heterocycles. The number of hydrogen-bond acceptors (Lipinski definition) is 4. The van der Waals surface area contributed by atoms with Crippen LogP contribution in [0.5, 0.6) is 0 Å². The Morgan fingerprint density at radius 2 is 1.31 bits per heavy atom. The lowest BCUT2D eigenvalue weighted by Crippen LogP contribution is -2.30. The summed E-state index contributed by atoms with van der Waals surface area (Å²) in [6, 6.07) is 47.3. The number of furan rings is 1. The van der Waals surface area contributed by atoms with Gasteiger partial charge in [0.2, 0.25) is 0 Å². The first kappa shape index (κ1) is 35.0. The lowest BCUT2D eigenvalue weighted by Gasteiger charge is -2.40. The Morgan fingerprint density at radius 3 is 2.17 bits per heavy atom. The molecular weight excluding hydrogens is 719 g/mol. The first-order valence-electron chi connectivity index (χ1n) is 20.5. The van der Waals surface area contributed by atoms with Gasteiger partial charge in [-0.3, -0.25) is 0 Å². The molecule has 0 bridgehead atoms. The average Bonchev–Trinajstić information content (AvgIpc) is 3.68. The van der Waals surface area contributed by atoms with Crippen LogP contribution in [-0.4, -0.2) is 15.0 Å². The van der Waals surface area contributed by atoms with E-state index in [2.05, 4.69) is 190 Å². The van der Waals surface area contributed by atoms with Crippen molar-refractivity contribution in [2.75, 3.05) is 0 Å². The molecular formula is C55H41N3O. The van der Waals surface area contributed by atoms with Gasteiger partial charge in [-0.15, -0.1) is 0 Å². The number of nitrogens with zero attached hydrogens (tertiary/aromatic N) is 3. The van der Waals surface area contributed by atoms with Gasteiger partial charge < -0.3 is 4.42 Å². The van der Waals surface area contributed by atoms with E-state index in [4.69, 9.17) is 19.4 Å². The summed E-state index contributed by atoms with van der Waals surface area (Å²) >= 11 is 0. The maximum atomic E-state index is 6.83. The Bertz CT molecular complexity index is 3320. The van der Waals surface area contributed by atoms with Gasteiger partial charge in [0.15, 0.2) is 17.5 Å². The van der Waals surface area contributed by atoms with Crippen LogP contribution in [0.25, 0.3) is 93.7 Å². The zero-order valence-electron chi connectivity index (χ0n) is 33.1. The molecule has 0 spiro atoms. The van der Waals surface area contributed by atoms with E-state index in [-0.39, 0.29) is 5.41 Å². The van der Waals surface area contributed by atoms with Gasteiger partial charge in [0, 0.05) is 33.0 Å². The van der Waals surface area contributed by atoms with Crippen LogP contribution >= 0.6 is 0 Å². The first-order chi connectivity index (χ1) is 29.0. The zero-order valence-corrected chi connectivity index (χ0v) is 33.1. The van der Waals surface area contributed by atoms with Crippen LogP contribution in [0, 0.1) is 11.3 Å². The molecule has 2 unspecified atom stereocenters. The highest BCUT2D eigenvalue weighted by atomic mass is 16.3. The van der Waals surface area contributed by atoms with E-state index in [0.717, 1.165) is 62.6 Å². The summed E-state index contributed by atoms with van der Waals surface area (Å²) < 4.78 is 6.83. The fraction of sp³-hybridized carbons (Fsp3) is 0.109. The molecule has 7 aromatic carbocycles. The molecule has 282 valence electrons. The predicted molar refractivity (Wildman–Crippen MR) is 246 cm³/mol. The molecule has 11 rings (SSSR count). The highest BCUT2D eigenvalue weighted by molar-refractivity contribution is 6.17. The van der Waals surface area contributed by atoms with Crippen molar-refractivity contribution in [3.05, 3.63) is 193 Å². The minimum Gasteiger partial charge on any atom is -0.455 e. The minimum atomic E-state index is 0.00522. The smallest absolute Gasteiger partial charge is 0.164 e. The molecule has 0 amide bonds. The van der Waals surface area contributed by atoms with E-state index < -0.39 is 0 Å². The topological polar surface area (TPSA) is 51.8 Å². The Labute approximate surface area is 343 Å². The van der Waals surface area contributed by atoms with E-state index in [0.29, 0.717) is 23.4 Å². The van der Waals surface area contributed by atoms with E-state index >= 15 is 0 Å². The van der Waals surface area contributed by atoms with Gasteiger partial charge in [0.25, 0.3) is 0 Å². The average molecular weight is 760 g/mol. The zero-order chi connectivity index (χ0) is 39.5. The fourth-order valence-corrected chi connectivity index (χ4v) is 9.44. The van der Waals surface area contributed by atoms with Crippen molar-refractivity contribution < 1.29 is 4.42 Å². The van der Waals surface area contributed by atoms with Gasteiger partial charge in [0.05, 0.1) is 0 Å². The molecule has 0 aliphatic heterocycles. The molecule has 9 aromatic rings. The first-order valence-corrected chi connectivity index (χ1v) is 20.5. The summed E-state index contributed by atoms with van der Waals surface area (Å²) in [5.74, 6) is 2.31. The molecule has 2 heterocycles. The molecule has 2 aliphatic carbocycles. The predicted octanol–water partition coefficient (Wildman–Crippen LogP) is 14.7. The maximum Gasteiger partial charge on any atom is 0.164 e. The summed E-state index contributed by atoms with van der Waals surface area (Å²) in [4.78, 5) is 16.3. The monoisotopic (exact) mass is 759 g/mol. The van der Waals surface area contributed by atoms with Crippen LogP contribution in [0.1, 0.15) is 32.5 Å². The van der Waals surface area contributed by atoms with Crippen LogP contribution in [0.3, 0.4) is 0 Å². The molecule has 0 saturated heterocycles. The summed E-state index contributed by atoms with van der Waals surface area (Å²) in [5.41, 5.74) is 8.09. The second-order valence-electron chi connectivity index (χ2n) is 16.1. The third kappa shape index (κ3) is 5.94. The van der Waals surface area contributed by atoms with Crippen LogP contribution in [0.2, 0.25) is 0 Å². The van der Waals surface area contributed by atoms with Crippen LogP contribution in [-0.2, 0) is 0 Å². The van der Waals surface area contributed by atoms with Crippen molar-refractivity contribution in [1.29, 1.82) is 0 Å². The number of benzene rings is 7. The molecule has 0 radical (unpaired) electrons. The van der Waals surface area contributed by atoms with Gasteiger partial charge in [-0.25, -0.2) is 15.0 Å². The Hall–Kier alpha value is -7.17. The van der Waals surface area contributed by atoms with Gasteiger partial charge >= 0.3 is 0 Å². The van der Waals surface area contributed by atoms with Crippen molar-refractivity contribution in [1.82, 2.24) is 15.0 Å². The molecule has 2 aliphatic rings. The van der Waals surface area contributed by atoms with E-state index in [1.807, 2.05) is 6.07 Å². The molecule has 4 heteroatoms. The van der Waals surface area contributed by atoms with Crippen molar-refractivity contribution in [3.63, 3.8) is 0 Å². The van der Waals surface area contributed by atoms with Gasteiger partial charge in [-0.05, 0) is 98.8 Å². The Morgan fingerprint density at radius 1 is 0.610 bits per heavy atom. The van der Waals surface area contributed by atoms with E-state index in [9.17, 15) is 0 Å². The number of hydrogen-bond donors (Lipinski definition) is 0. The van der Waals surface area contributed by atoms with Crippen molar-refractivity contribution in [2.45, 2.75) is 26.7 Å². The normalized spacial score (nSPS) is 18.1. The highest BCUT2D eigenvalue weighted by Crippen LogP contribution is 2.50. The van der Waals surface area contributed by atoms with Crippen molar-refractivity contribution >= 4 is 59.8 Å². The van der Waals surface area contributed by atoms with Crippen molar-refractivity contribution in [3.8, 4) is 33.9 Å². The standard InChI is InChI=1S/C55H41N3O/c1-3-4-5-17-39-34-55(2)31-13-12-19-40(55)33-48(39)54-57-52(38-28-27-37-26-25-36-16-7-9-21-42(36)47(37)32-38)56-53(58-54)46-30-29-44(43-23-14-18-35-15-6-8-20-41(35)43)51-50(46)45-22-10-11-24-49(45)59-51/h3-32,40H,33-34H2,1-2H3/b4-3-,17-5-. The molecule has 2 atom stereocenters. The molecule has 59 heavy (non-hydrogen) atoms. The van der Waals surface area contributed by atoms with Gasteiger partial charge in [-0.2, -0.15) is 0 Å². The number of allylic oxidation sites excluding steroid dienone is 10. The minimum absolute atomic E-state index is 0.00522. The second kappa shape index (κ2) is 14.0. The lowest BCUT2D eigenvalue weighted by atomic mass is 9.64. The van der Waals surface area contributed by atoms with Crippen LogP contribution in [0.15, 0.2) is 192 Å². The Balaban J connectivity index is 1.19. The molecule has 0 fully saturated rings. The maximum absolute atomic E-state index is 6.83. The van der Waals surface area contributed by atoms with Gasteiger partial charge in [0.1, 0.15) is 11.2 Å². The third-order valence-electron chi connectivity index (χ3n) is 12.5. The Kier molecular flexibility index (Phi) is 8.33. The van der Waals surface area contributed by atoms with Gasteiger partial charge in [-0.1, -0.05) is 165 Å². The summed E-state index contributed by atoms with van der Waals surface area (Å²) in [6.45, 7) is 4.43. The van der Waals surface area contributed by atoms with Crippen LogP contribution < -0.4 is 0 Å². The summed E-state index contributed by atoms with van der Waals surface area (Å²) in [5, 5.41) is 9.16. The summed E-state index contributed by atoms with van der Waals surface area (Å²) in [6.07, 6.45) is 19.4. The number of para-hydroxylation sites is 1. The molecule has 0 N–H and O–H groups in total. The largest absolute Gasteiger partial charge is 0.455 e. The van der Waals surface area contributed by atoms with Crippen LogP contribution in [0.4, 0.5) is 0 Å². The van der Waals surface area contributed by atoms with Crippen molar-refractivity contribution in [2.24, 2.45) is 11.3 Å². The summed E-state index contributed by atoms with van der Waals surface area (Å²) in [7, 11) is 0. The molecule has 0 saturated carbocycles. The number of fused-ring (bicyclic) bond motifs is 8. The highest BCUT2D eigenvalue weighted by Gasteiger charge is 2.38. The third-order valence-corrected chi connectivity index (χ3v) is 12.5. The number of aromatic nitrogens is 3. The molecule has 4 nitrogen and oxygen atoms in total. The van der Waals surface area contributed by atoms with E-state index in [1.165, 1.54) is 37.9 Å². The quantitative estimate of drug-likeness (QED) is 0.125. The SMILES string of the molecule is C/C=C\C=C/C1=C(c2nc(-c3ccc4ccc5ccccc5c4c3)nc(-c3ccc(-c4cccc5ccccc45)c4oc5ccccc5c34)n2)CC2C=CC=CC2(C)C1. The van der Waals surface area contributed by atoms with E-state index in [1.54, 1.807) is 0 Å². The number of rotatable bonds is 6. The second-order valence-corrected chi connectivity index (χ2v) is 16.1. The lowest BCUT2D eigenvalue weighted by molar-refractivity contribution is 0.295.